The lowest BCUT2D eigenvalue weighted by Gasteiger charge is -2.12. The first-order valence-electron chi connectivity index (χ1n) is 6.95. The van der Waals surface area contributed by atoms with Gasteiger partial charge in [0.05, 0.1) is 11.1 Å². The molecule has 1 heterocycles. The zero-order chi connectivity index (χ0) is 15.0. The molecule has 0 saturated carbocycles. The van der Waals surface area contributed by atoms with Crippen LogP contribution in [-0.2, 0) is 12.8 Å². The van der Waals surface area contributed by atoms with Crippen LogP contribution in [0.5, 0.6) is 0 Å². The Hall–Kier alpha value is -2.33. The van der Waals surface area contributed by atoms with Gasteiger partial charge in [0.2, 0.25) is 0 Å². The standard InChI is InChI=1S/C17H16N2O2.ClH/c1-2-12-10(9-11-5-3-4-6-14(11)18)7-8-13-15(12)17(21)19-16(13)20;/h3-8H,2,9,18H2,1H3,(H,19,20,21);1H. The van der Waals surface area contributed by atoms with Crippen molar-refractivity contribution in [2.75, 3.05) is 5.73 Å². The highest BCUT2D eigenvalue weighted by molar-refractivity contribution is 6.22. The molecule has 0 unspecified atom stereocenters. The number of benzene rings is 2. The lowest BCUT2D eigenvalue weighted by Crippen LogP contribution is -2.20. The van der Waals surface area contributed by atoms with Crippen molar-refractivity contribution in [1.29, 1.82) is 0 Å². The number of nitrogens with two attached hydrogens (primary N) is 1. The topological polar surface area (TPSA) is 72.2 Å². The minimum Gasteiger partial charge on any atom is -0.398 e. The molecule has 4 nitrogen and oxygen atoms in total. The first-order valence-corrected chi connectivity index (χ1v) is 6.95. The van der Waals surface area contributed by atoms with Crippen molar-refractivity contribution in [2.45, 2.75) is 19.8 Å². The highest BCUT2D eigenvalue weighted by Crippen LogP contribution is 2.27. The lowest BCUT2D eigenvalue weighted by molar-refractivity contribution is 0.0879. The fraction of sp³-hybridized carbons (Fsp3) is 0.176. The summed E-state index contributed by atoms with van der Waals surface area (Å²) in [4.78, 5) is 23.7. The number of hydrogen-bond donors (Lipinski definition) is 2. The molecule has 0 bridgehead atoms. The number of para-hydroxylation sites is 1. The molecule has 3 rings (SSSR count). The Labute approximate surface area is 135 Å². The highest BCUT2D eigenvalue weighted by Gasteiger charge is 2.30. The van der Waals surface area contributed by atoms with Crippen LogP contribution >= 0.6 is 12.4 Å². The second kappa shape index (κ2) is 6.20. The molecule has 0 radical (unpaired) electrons. The molecule has 22 heavy (non-hydrogen) atoms. The summed E-state index contributed by atoms with van der Waals surface area (Å²) in [6.07, 6.45) is 1.36. The van der Waals surface area contributed by atoms with Crippen molar-refractivity contribution in [2.24, 2.45) is 0 Å². The van der Waals surface area contributed by atoms with E-state index in [2.05, 4.69) is 5.32 Å². The molecule has 1 aliphatic heterocycles. The Kier molecular flexibility index (Phi) is 4.52. The van der Waals surface area contributed by atoms with E-state index >= 15 is 0 Å². The quantitative estimate of drug-likeness (QED) is 0.675. The molecule has 2 amide bonds. The zero-order valence-corrected chi connectivity index (χ0v) is 13.0. The lowest BCUT2D eigenvalue weighted by atomic mass is 9.91. The Morgan fingerprint density at radius 2 is 1.73 bits per heavy atom. The van der Waals surface area contributed by atoms with Crippen LogP contribution in [-0.4, -0.2) is 11.8 Å². The summed E-state index contributed by atoms with van der Waals surface area (Å²) in [5.41, 5.74) is 10.7. The predicted octanol–water partition coefficient (Wildman–Crippen LogP) is 2.73. The molecule has 0 spiro atoms. The van der Waals surface area contributed by atoms with E-state index in [0.29, 0.717) is 24.0 Å². The summed E-state index contributed by atoms with van der Waals surface area (Å²) in [5, 5.41) is 2.36. The van der Waals surface area contributed by atoms with E-state index in [1.165, 1.54) is 0 Å². The second-order valence-corrected chi connectivity index (χ2v) is 5.14. The van der Waals surface area contributed by atoms with Crippen LogP contribution in [0.3, 0.4) is 0 Å². The number of hydrogen-bond acceptors (Lipinski definition) is 3. The van der Waals surface area contributed by atoms with Crippen LogP contribution in [0.25, 0.3) is 0 Å². The van der Waals surface area contributed by atoms with Crippen molar-refractivity contribution in [3.05, 3.63) is 64.2 Å². The summed E-state index contributed by atoms with van der Waals surface area (Å²) in [7, 11) is 0. The van der Waals surface area contributed by atoms with Gasteiger partial charge >= 0.3 is 0 Å². The largest absolute Gasteiger partial charge is 0.398 e. The van der Waals surface area contributed by atoms with Crippen LogP contribution in [0, 0.1) is 0 Å². The van der Waals surface area contributed by atoms with E-state index in [1.54, 1.807) is 6.07 Å². The first kappa shape index (κ1) is 16.0. The van der Waals surface area contributed by atoms with Gasteiger partial charge in [0.15, 0.2) is 0 Å². The van der Waals surface area contributed by atoms with E-state index in [4.69, 9.17) is 5.73 Å². The van der Waals surface area contributed by atoms with Crippen LogP contribution in [0.4, 0.5) is 5.69 Å². The second-order valence-electron chi connectivity index (χ2n) is 5.14. The third kappa shape index (κ3) is 2.57. The molecule has 0 saturated heterocycles. The number of nitrogens with one attached hydrogen (secondary N) is 1. The van der Waals surface area contributed by atoms with Crippen molar-refractivity contribution in [3.8, 4) is 0 Å². The molecule has 2 aromatic carbocycles. The van der Waals surface area contributed by atoms with Gasteiger partial charge in [0, 0.05) is 5.69 Å². The van der Waals surface area contributed by atoms with Crippen molar-refractivity contribution >= 4 is 29.9 Å². The molecule has 1 aliphatic rings. The molecule has 0 fully saturated rings. The maximum atomic E-state index is 12.0. The SMILES string of the molecule is CCc1c(Cc2ccccc2N)ccc2c1C(=O)NC2=O.Cl. The normalized spacial score (nSPS) is 12.6. The molecule has 2 aromatic rings. The fourth-order valence-electron chi connectivity index (χ4n) is 2.84. The van der Waals surface area contributed by atoms with Gasteiger partial charge in [-0.1, -0.05) is 31.2 Å². The molecular formula is C17H17ClN2O2. The molecular weight excluding hydrogens is 300 g/mol. The first-order chi connectivity index (χ1) is 10.1. The molecule has 0 aromatic heterocycles. The summed E-state index contributed by atoms with van der Waals surface area (Å²) in [6.45, 7) is 1.99. The van der Waals surface area contributed by atoms with Crippen LogP contribution < -0.4 is 11.1 Å². The maximum Gasteiger partial charge on any atom is 0.259 e. The van der Waals surface area contributed by atoms with E-state index in [1.807, 2.05) is 37.3 Å². The number of anilines is 1. The molecule has 3 N–H and O–H groups in total. The Morgan fingerprint density at radius 1 is 1.00 bits per heavy atom. The monoisotopic (exact) mass is 316 g/mol. The van der Waals surface area contributed by atoms with Crippen LogP contribution in [0.15, 0.2) is 36.4 Å². The maximum absolute atomic E-state index is 12.0. The van der Waals surface area contributed by atoms with Gasteiger partial charge in [-0.25, -0.2) is 0 Å². The number of carbonyl (C=O) groups is 2. The number of halogens is 1. The third-order valence-electron chi connectivity index (χ3n) is 3.90. The van der Waals surface area contributed by atoms with Crippen LogP contribution in [0.2, 0.25) is 0 Å². The van der Waals surface area contributed by atoms with Gasteiger partial charge in [-0.2, -0.15) is 0 Å². The summed E-state index contributed by atoms with van der Waals surface area (Å²) < 4.78 is 0. The van der Waals surface area contributed by atoms with E-state index in [9.17, 15) is 9.59 Å². The summed E-state index contributed by atoms with van der Waals surface area (Å²) in [5.74, 6) is -0.606. The number of amides is 2. The number of fused-ring (bicyclic) bond motifs is 1. The molecule has 0 aliphatic carbocycles. The van der Waals surface area contributed by atoms with Crippen molar-refractivity contribution < 1.29 is 9.59 Å². The minimum absolute atomic E-state index is 0. The highest BCUT2D eigenvalue weighted by atomic mass is 35.5. The Morgan fingerprint density at radius 3 is 2.41 bits per heavy atom. The van der Waals surface area contributed by atoms with E-state index < -0.39 is 0 Å². The van der Waals surface area contributed by atoms with Crippen molar-refractivity contribution in [3.63, 3.8) is 0 Å². The number of rotatable bonds is 3. The summed E-state index contributed by atoms with van der Waals surface area (Å²) in [6, 6.07) is 11.3. The average molecular weight is 317 g/mol. The van der Waals surface area contributed by atoms with Gasteiger partial charge in [0.1, 0.15) is 0 Å². The zero-order valence-electron chi connectivity index (χ0n) is 12.2. The Bertz CT molecular complexity index is 756. The number of carbonyl (C=O) groups excluding carboxylic acids is 2. The third-order valence-corrected chi connectivity index (χ3v) is 3.90. The molecule has 5 heteroatoms. The number of nitrogen functional groups attached to an aromatic ring is 1. The van der Waals surface area contributed by atoms with Crippen LogP contribution in [0.1, 0.15) is 44.3 Å². The minimum atomic E-state index is -0.310. The van der Waals surface area contributed by atoms with E-state index in [-0.39, 0.29) is 24.2 Å². The van der Waals surface area contributed by atoms with Crippen molar-refractivity contribution in [1.82, 2.24) is 5.32 Å². The molecule has 114 valence electrons. The fourth-order valence-corrected chi connectivity index (χ4v) is 2.84. The average Bonchev–Trinajstić information content (AvgIpc) is 2.76. The van der Waals surface area contributed by atoms with Gasteiger partial charge in [-0.05, 0) is 41.7 Å². The van der Waals surface area contributed by atoms with Gasteiger partial charge in [-0.3, -0.25) is 14.9 Å². The number of imide groups is 1. The van der Waals surface area contributed by atoms with Gasteiger partial charge < -0.3 is 5.73 Å². The van der Waals surface area contributed by atoms with Gasteiger partial charge in [0.25, 0.3) is 11.8 Å². The summed E-state index contributed by atoms with van der Waals surface area (Å²) >= 11 is 0. The molecule has 0 atom stereocenters. The smallest absolute Gasteiger partial charge is 0.259 e. The van der Waals surface area contributed by atoms with E-state index in [0.717, 1.165) is 22.4 Å². The predicted molar refractivity (Wildman–Crippen MR) is 88.5 cm³/mol. The Balaban J connectivity index is 0.00000176. The van der Waals surface area contributed by atoms with Gasteiger partial charge in [-0.15, -0.1) is 12.4 Å².